The summed E-state index contributed by atoms with van der Waals surface area (Å²) in [6.45, 7) is 4.48. The van der Waals surface area contributed by atoms with Crippen LogP contribution in [0.1, 0.15) is 5.56 Å². The van der Waals surface area contributed by atoms with Crippen molar-refractivity contribution in [3.05, 3.63) is 70.2 Å². The molecule has 0 aliphatic carbocycles. The molecule has 2 heterocycles. The molecule has 1 aliphatic rings. The molecule has 1 aromatic heterocycles. The van der Waals surface area contributed by atoms with E-state index in [4.69, 9.17) is 23.2 Å². The van der Waals surface area contributed by atoms with E-state index in [1.807, 2.05) is 61.5 Å². The van der Waals surface area contributed by atoms with Crippen LogP contribution in [0.3, 0.4) is 0 Å². The van der Waals surface area contributed by atoms with Crippen molar-refractivity contribution in [2.45, 2.75) is 6.92 Å². The number of nitrogens with zero attached hydrogens (tertiary/aromatic N) is 4. The number of rotatable bonds is 3. The summed E-state index contributed by atoms with van der Waals surface area (Å²) in [6.07, 6.45) is 0. The van der Waals surface area contributed by atoms with Gasteiger partial charge in [-0.15, -0.1) is 10.2 Å². The predicted octanol–water partition coefficient (Wildman–Crippen LogP) is 5.11. The van der Waals surface area contributed by atoms with Gasteiger partial charge in [-0.25, -0.2) is 4.79 Å². The quantitative estimate of drug-likeness (QED) is 0.612. The molecule has 30 heavy (non-hydrogen) atoms. The third-order valence-corrected chi connectivity index (χ3v) is 5.85. The van der Waals surface area contributed by atoms with Crippen molar-refractivity contribution in [1.82, 2.24) is 15.1 Å². The summed E-state index contributed by atoms with van der Waals surface area (Å²) in [5, 5.41) is 13.0. The summed E-state index contributed by atoms with van der Waals surface area (Å²) < 4.78 is 0. The number of benzene rings is 2. The zero-order valence-corrected chi connectivity index (χ0v) is 18.0. The Morgan fingerprint density at radius 2 is 1.67 bits per heavy atom. The Morgan fingerprint density at radius 1 is 0.933 bits per heavy atom. The minimum atomic E-state index is -0.121. The molecule has 0 atom stereocenters. The summed E-state index contributed by atoms with van der Waals surface area (Å²) in [7, 11) is 0. The Morgan fingerprint density at radius 3 is 2.33 bits per heavy atom. The molecule has 0 bridgehead atoms. The van der Waals surface area contributed by atoms with Crippen molar-refractivity contribution in [3.8, 4) is 11.3 Å². The summed E-state index contributed by atoms with van der Waals surface area (Å²) in [5.41, 5.74) is 3.36. The smallest absolute Gasteiger partial charge is 0.321 e. The van der Waals surface area contributed by atoms with E-state index in [-0.39, 0.29) is 6.03 Å². The number of nitrogens with one attached hydrogen (secondary N) is 1. The SMILES string of the molecule is Cc1c(Cl)cccc1NC(=O)N1CCN(c2ccc(-c3ccc(Cl)cc3)nn2)CC1. The van der Waals surface area contributed by atoms with E-state index in [9.17, 15) is 4.79 Å². The third-order valence-electron chi connectivity index (χ3n) is 5.19. The monoisotopic (exact) mass is 441 g/mol. The van der Waals surface area contributed by atoms with E-state index in [1.165, 1.54) is 0 Å². The molecule has 0 spiro atoms. The second-order valence-corrected chi connectivity index (χ2v) is 7.94. The van der Waals surface area contributed by atoms with Crippen molar-refractivity contribution in [1.29, 1.82) is 0 Å². The van der Waals surface area contributed by atoms with Crippen LogP contribution in [0.4, 0.5) is 16.3 Å². The molecule has 0 radical (unpaired) electrons. The number of carbonyl (C=O) groups excluding carboxylic acids is 1. The number of urea groups is 1. The normalized spacial score (nSPS) is 14.0. The fourth-order valence-corrected chi connectivity index (χ4v) is 3.64. The van der Waals surface area contributed by atoms with Crippen molar-refractivity contribution >= 4 is 40.7 Å². The lowest BCUT2D eigenvalue weighted by atomic mass is 10.1. The maximum atomic E-state index is 12.6. The van der Waals surface area contributed by atoms with Gasteiger partial charge in [0, 0.05) is 47.5 Å². The van der Waals surface area contributed by atoms with E-state index in [0.717, 1.165) is 28.3 Å². The Bertz CT molecular complexity index is 1030. The largest absolute Gasteiger partial charge is 0.352 e. The molecule has 2 amide bonds. The second-order valence-electron chi connectivity index (χ2n) is 7.10. The highest BCUT2D eigenvalue weighted by atomic mass is 35.5. The topological polar surface area (TPSA) is 61.4 Å². The summed E-state index contributed by atoms with van der Waals surface area (Å²) in [4.78, 5) is 16.5. The number of carbonyl (C=O) groups is 1. The summed E-state index contributed by atoms with van der Waals surface area (Å²) >= 11 is 12.1. The highest BCUT2D eigenvalue weighted by Crippen LogP contribution is 2.24. The van der Waals surface area contributed by atoms with Crippen LogP contribution in [0.2, 0.25) is 10.0 Å². The van der Waals surface area contributed by atoms with E-state index in [1.54, 1.807) is 4.90 Å². The van der Waals surface area contributed by atoms with Crippen LogP contribution in [0.15, 0.2) is 54.6 Å². The number of aromatic nitrogens is 2. The summed E-state index contributed by atoms with van der Waals surface area (Å²) in [6, 6.07) is 16.8. The molecule has 8 heteroatoms. The minimum Gasteiger partial charge on any atom is -0.352 e. The van der Waals surface area contributed by atoms with Crippen molar-refractivity contribution in [3.63, 3.8) is 0 Å². The fourth-order valence-electron chi connectivity index (χ4n) is 3.34. The van der Waals surface area contributed by atoms with E-state index < -0.39 is 0 Å². The molecule has 154 valence electrons. The van der Waals surface area contributed by atoms with Crippen molar-refractivity contribution < 1.29 is 4.79 Å². The lowest BCUT2D eigenvalue weighted by molar-refractivity contribution is 0.208. The molecule has 1 N–H and O–H groups in total. The Kier molecular flexibility index (Phi) is 6.06. The van der Waals surface area contributed by atoms with Gasteiger partial charge in [-0.2, -0.15) is 0 Å². The standard InChI is InChI=1S/C22H21Cl2N5O/c1-15-18(24)3-2-4-19(15)25-22(30)29-13-11-28(12-14-29)21-10-9-20(26-27-21)16-5-7-17(23)8-6-16/h2-10H,11-14H2,1H3,(H,25,30). The first-order valence-corrected chi connectivity index (χ1v) is 10.4. The Balaban J connectivity index is 1.35. The number of anilines is 2. The van der Waals surface area contributed by atoms with Gasteiger partial charge in [0.1, 0.15) is 0 Å². The zero-order chi connectivity index (χ0) is 21.1. The second kappa shape index (κ2) is 8.90. The zero-order valence-electron chi connectivity index (χ0n) is 16.5. The number of hydrogen-bond donors (Lipinski definition) is 1. The molecule has 0 saturated carbocycles. The van der Waals surface area contributed by atoms with Crippen LogP contribution in [-0.4, -0.2) is 47.3 Å². The minimum absolute atomic E-state index is 0.121. The fraction of sp³-hybridized carbons (Fsp3) is 0.227. The molecule has 2 aromatic carbocycles. The Hall–Kier alpha value is -2.83. The van der Waals surface area contributed by atoms with Gasteiger partial charge in [0.25, 0.3) is 0 Å². The average molecular weight is 442 g/mol. The van der Waals surface area contributed by atoms with E-state index in [0.29, 0.717) is 36.2 Å². The van der Waals surface area contributed by atoms with Gasteiger partial charge in [-0.1, -0.05) is 41.4 Å². The molecule has 3 aromatic rings. The maximum Gasteiger partial charge on any atom is 0.321 e. The number of piperazine rings is 1. The first kappa shape index (κ1) is 20.4. The van der Waals surface area contributed by atoms with Gasteiger partial charge in [-0.05, 0) is 48.9 Å². The average Bonchev–Trinajstić information content (AvgIpc) is 2.78. The lowest BCUT2D eigenvalue weighted by Crippen LogP contribution is -2.50. The molecule has 0 unspecified atom stereocenters. The van der Waals surface area contributed by atoms with Crippen LogP contribution in [-0.2, 0) is 0 Å². The molecule has 1 aliphatic heterocycles. The first-order valence-electron chi connectivity index (χ1n) is 9.67. The van der Waals surface area contributed by atoms with Crippen LogP contribution in [0, 0.1) is 6.92 Å². The van der Waals surface area contributed by atoms with Crippen LogP contribution in [0.5, 0.6) is 0 Å². The van der Waals surface area contributed by atoms with Crippen molar-refractivity contribution in [2.24, 2.45) is 0 Å². The van der Waals surface area contributed by atoms with Gasteiger partial charge < -0.3 is 15.1 Å². The molecule has 4 rings (SSSR count). The van der Waals surface area contributed by atoms with Crippen LogP contribution in [0.25, 0.3) is 11.3 Å². The first-order chi connectivity index (χ1) is 14.5. The van der Waals surface area contributed by atoms with Gasteiger partial charge in [0.15, 0.2) is 5.82 Å². The molecule has 1 saturated heterocycles. The molecular formula is C22H21Cl2N5O. The number of halogens is 2. The van der Waals surface area contributed by atoms with E-state index >= 15 is 0 Å². The maximum absolute atomic E-state index is 12.6. The lowest BCUT2D eigenvalue weighted by Gasteiger charge is -2.35. The highest BCUT2D eigenvalue weighted by Gasteiger charge is 2.22. The molecule has 6 nitrogen and oxygen atoms in total. The highest BCUT2D eigenvalue weighted by molar-refractivity contribution is 6.31. The van der Waals surface area contributed by atoms with E-state index in [2.05, 4.69) is 20.4 Å². The number of amides is 2. The van der Waals surface area contributed by atoms with Gasteiger partial charge in [0.05, 0.1) is 5.69 Å². The van der Waals surface area contributed by atoms with Crippen molar-refractivity contribution in [2.75, 3.05) is 36.4 Å². The van der Waals surface area contributed by atoms with Gasteiger partial charge in [-0.3, -0.25) is 0 Å². The van der Waals surface area contributed by atoms with Gasteiger partial charge >= 0.3 is 6.03 Å². The Labute approximate surface area is 185 Å². The molecule has 1 fully saturated rings. The van der Waals surface area contributed by atoms with Crippen LogP contribution < -0.4 is 10.2 Å². The van der Waals surface area contributed by atoms with Gasteiger partial charge in [0.2, 0.25) is 0 Å². The summed E-state index contributed by atoms with van der Waals surface area (Å²) in [5.74, 6) is 0.804. The van der Waals surface area contributed by atoms with Crippen LogP contribution >= 0.6 is 23.2 Å². The number of hydrogen-bond acceptors (Lipinski definition) is 4. The predicted molar refractivity (Wildman–Crippen MR) is 121 cm³/mol. The molecular weight excluding hydrogens is 421 g/mol. The third kappa shape index (κ3) is 4.50.